The van der Waals surface area contributed by atoms with Gasteiger partial charge in [-0.25, -0.2) is 9.97 Å². The molecule has 2 heterocycles. The van der Waals surface area contributed by atoms with Gasteiger partial charge in [0, 0.05) is 29.4 Å². The number of aromatic nitrogens is 3. The van der Waals surface area contributed by atoms with Gasteiger partial charge in [-0.2, -0.15) is 0 Å². The summed E-state index contributed by atoms with van der Waals surface area (Å²) >= 11 is 0. The maximum Gasteiger partial charge on any atom is 0.163 e. The molecule has 22 heavy (non-hydrogen) atoms. The first-order valence-electron chi connectivity index (χ1n) is 7.21. The van der Waals surface area contributed by atoms with Crippen LogP contribution in [0.4, 0.5) is 5.82 Å². The van der Waals surface area contributed by atoms with E-state index < -0.39 is 0 Å². The van der Waals surface area contributed by atoms with Crippen molar-refractivity contribution in [2.24, 2.45) is 0 Å². The van der Waals surface area contributed by atoms with Crippen LogP contribution in [0.5, 0.6) is 0 Å². The Kier molecular flexibility index (Phi) is 5.28. The van der Waals surface area contributed by atoms with E-state index in [1.165, 1.54) is 0 Å². The molecule has 1 aromatic carbocycles. The molecule has 0 aliphatic heterocycles. The van der Waals surface area contributed by atoms with Crippen LogP contribution < -0.4 is 17.7 Å². The van der Waals surface area contributed by atoms with Crippen molar-refractivity contribution in [2.75, 3.05) is 5.32 Å². The predicted molar refractivity (Wildman–Crippen MR) is 86.1 cm³/mol. The van der Waals surface area contributed by atoms with Crippen molar-refractivity contribution in [2.45, 2.75) is 26.3 Å². The Morgan fingerprint density at radius 3 is 2.64 bits per heavy atom. The molecule has 3 aromatic rings. The predicted octanol–water partition coefficient (Wildman–Crippen LogP) is 0.906. The molecule has 2 aromatic heterocycles. The van der Waals surface area contributed by atoms with Gasteiger partial charge in [0.25, 0.3) is 0 Å². The van der Waals surface area contributed by atoms with Gasteiger partial charge < -0.3 is 17.7 Å². The molecule has 0 fully saturated rings. The highest BCUT2D eigenvalue weighted by Gasteiger charge is 2.10. The molecule has 5 heteroatoms. The standard InChI is InChI=1S/C17H18N4.ClH/c1-3-12(2)19-17-14-8-4-5-9-15(14)20-16(21-17)13-7-6-10-18-11-13;/h4-12H,3H2,1-2H3,(H,19,20,21);1H/p-1. The van der Waals surface area contributed by atoms with E-state index in [1.54, 1.807) is 12.4 Å². The summed E-state index contributed by atoms with van der Waals surface area (Å²) in [7, 11) is 0. The van der Waals surface area contributed by atoms with Gasteiger partial charge in [0.2, 0.25) is 0 Å². The van der Waals surface area contributed by atoms with Crippen LogP contribution in [-0.2, 0) is 0 Å². The number of halogens is 1. The summed E-state index contributed by atoms with van der Waals surface area (Å²) in [5.74, 6) is 1.58. The second-order valence-corrected chi connectivity index (χ2v) is 5.11. The molecule has 0 aliphatic rings. The molecule has 1 N–H and O–H groups in total. The summed E-state index contributed by atoms with van der Waals surface area (Å²) in [6.45, 7) is 4.31. The van der Waals surface area contributed by atoms with E-state index in [1.807, 2.05) is 36.4 Å². The summed E-state index contributed by atoms with van der Waals surface area (Å²) in [5, 5.41) is 4.52. The molecule has 114 valence electrons. The molecule has 3 rings (SSSR count). The Hall–Kier alpha value is -2.20. The Bertz CT molecular complexity index is 746. The van der Waals surface area contributed by atoms with E-state index in [0.29, 0.717) is 11.9 Å². The lowest BCUT2D eigenvalue weighted by atomic mass is 10.2. The average molecular weight is 314 g/mol. The van der Waals surface area contributed by atoms with Gasteiger partial charge in [0.15, 0.2) is 5.82 Å². The Morgan fingerprint density at radius 1 is 1.09 bits per heavy atom. The number of rotatable bonds is 4. The lowest BCUT2D eigenvalue weighted by molar-refractivity contribution is -0.00000452. The first kappa shape index (κ1) is 16.2. The number of nitrogens with zero attached hydrogens (tertiary/aromatic N) is 3. The minimum Gasteiger partial charge on any atom is -1.00 e. The van der Waals surface area contributed by atoms with Crippen LogP contribution in [-0.4, -0.2) is 21.0 Å². The van der Waals surface area contributed by atoms with E-state index in [-0.39, 0.29) is 12.4 Å². The van der Waals surface area contributed by atoms with Crippen molar-refractivity contribution in [3.8, 4) is 11.4 Å². The lowest BCUT2D eigenvalue weighted by Crippen LogP contribution is -3.00. The zero-order valence-electron chi connectivity index (χ0n) is 12.6. The molecule has 0 radical (unpaired) electrons. The lowest BCUT2D eigenvalue weighted by Gasteiger charge is -2.15. The summed E-state index contributed by atoms with van der Waals surface area (Å²) in [6.07, 6.45) is 4.58. The number of fused-ring (bicyclic) bond motifs is 1. The van der Waals surface area contributed by atoms with Gasteiger partial charge in [-0.1, -0.05) is 19.1 Å². The van der Waals surface area contributed by atoms with Crippen LogP contribution >= 0.6 is 0 Å². The van der Waals surface area contributed by atoms with Crippen molar-refractivity contribution < 1.29 is 12.4 Å². The highest BCUT2D eigenvalue weighted by Crippen LogP contribution is 2.25. The fraction of sp³-hybridized carbons (Fsp3) is 0.235. The summed E-state index contributed by atoms with van der Waals surface area (Å²) in [4.78, 5) is 13.5. The minimum absolute atomic E-state index is 0. The maximum absolute atomic E-state index is 4.70. The van der Waals surface area contributed by atoms with Gasteiger partial charge >= 0.3 is 0 Å². The fourth-order valence-electron chi connectivity index (χ4n) is 2.15. The van der Waals surface area contributed by atoms with E-state index in [2.05, 4.69) is 29.1 Å². The fourth-order valence-corrected chi connectivity index (χ4v) is 2.15. The van der Waals surface area contributed by atoms with Crippen molar-refractivity contribution >= 4 is 16.7 Å². The van der Waals surface area contributed by atoms with Gasteiger partial charge in [-0.05, 0) is 37.6 Å². The largest absolute Gasteiger partial charge is 1.00 e. The molecule has 1 unspecified atom stereocenters. The molecular formula is C17H18ClN4-. The highest BCUT2D eigenvalue weighted by molar-refractivity contribution is 5.90. The van der Waals surface area contributed by atoms with Gasteiger partial charge in [-0.3, -0.25) is 4.98 Å². The second kappa shape index (κ2) is 7.18. The van der Waals surface area contributed by atoms with E-state index >= 15 is 0 Å². The maximum atomic E-state index is 4.70. The first-order chi connectivity index (χ1) is 10.3. The Morgan fingerprint density at radius 2 is 1.91 bits per heavy atom. The quantitative estimate of drug-likeness (QED) is 0.778. The smallest absolute Gasteiger partial charge is 0.163 e. The number of pyridine rings is 1. The summed E-state index contributed by atoms with van der Waals surface area (Å²) < 4.78 is 0. The van der Waals surface area contributed by atoms with Crippen LogP contribution in [0, 0.1) is 0 Å². The molecule has 0 spiro atoms. The zero-order valence-corrected chi connectivity index (χ0v) is 13.4. The summed E-state index contributed by atoms with van der Waals surface area (Å²) in [5.41, 5.74) is 1.87. The second-order valence-electron chi connectivity index (χ2n) is 5.11. The molecule has 0 saturated carbocycles. The van der Waals surface area contributed by atoms with Crippen molar-refractivity contribution in [3.05, 3.63) is 48.8 Å². The Labute approximate surface area is 136 Å². The number of para-hydroxylation sites is 1. The topological polar surface area (TPSA) is 50.7 Å². The van der Waals surface area contributed by atoms with Crippen LogP contribution in [0.3, 0.4) is 0 Å². The average Bonchev–Trinajstić information content (AvgIpc) is 2.55. The van der Waals surface area contributed by atoms with E-state index in [4.69, 9.17) is 4.98 Å². The minimum atomic E-state index is 0. The van der Waals surface area contributed by atoms with E-state index in [9.17, 15) is 0 Å². The number of benzene rings is 1. The van der Waals surface area contributed by atoms with Crippen molar-refractivity contribution in [1.82, 2.24) is 15.0 Å². The number of hydrogen-bond acceptors (Lipinski definition) is 4. The Balaban J connectivity index is 0.00000176. The normalized spacial score (nSPS) is 11.7. The molecule has 0 amide bonds. The van der Waals surface area contributed by atoms with Crippen LogP contribution in [0.25, 0.3) is 22.3 Å². The highest BCUT2D eigenvalue weighted by atomic mass is 35.5. The van der Waals surface area contributed by atoms with E-state index in [0.717, 1.165) is 28.7 Å². The molecule has 4 nitrogen and oxygen atoms in total. The third kappa shape index (κ3) is 3.34. The van der Waals surface area contributed by atoms with Crippen LogP contribution in [0.1, 0.15) is 20.3 Å². The van der Waals surface area contributed by atoms with Crippen molar-refractivity contribution in [1.29, 1.82) is 0 Å². The van der Waals surface area contributed by atoms with Crippen molar-refractivity contribution in [3.63, 3.8) is 0 Å². The molecule has 0 aliphatic carbocycles. The monoisotopic (exact) mass is 313 g/mol. The SMILES string of the molecule is CCC(C)Nc1nc(-c2cccnc2)nc2ccccc12.[Cl-]. The molecule has 0 saturated heterocycles. The zero-order chi connectivity index (χ0) is 14.7. The molecule has 1 atom stereocenters. The number of hydrogen-bond donors (Lipinski definition) is 1. The first-order valence-corrected chi connectivity index (χ1v) is 7.21. The molecule has 0 bridgehead atoms. The van der Waals surface area contributed by atoms with Crippen LogP contribution in [0.2, 0.25) is 0 Å². The third-order valence-corrected chi connectivity index (χ3v) is 3.52. The van der Waals surface area contributed by atoms with Gasteiger partial charge in [-0.15, -0.1) is 0 Å². The van der Waals surface area contributed by atoms with Gasteiger partial charge in [0.1, 0.15) is 5.82 Å². The number of nitrogens with one attached hydrogen (secondary N) is 1. The summed E-state index contributed by atoms with van der Waals surface area (Å²) in [6, 6.07) is 12.3. The molecular weight excluding hydrogens is 296 g/mol. The van der Waals surface area contributed by atoms with Crippen LogP contribution in [0.15, 0.2) is 48.8 Å². The number of anilines is 1. The van der Waals surface area contributed by atoms with Gasteiger partial charge in [0.05, 0.1) is 5.52 Å². The third-order valence-electron chi connectivity index (χ3n) is 3.52.